The molecule has 0 saturated carbocycles. The van der Waals surface area contributed by atoms with Crippen LogP contribution in [-0.4, -0.2) is 43.9 Å². The van der Waals surface area contributed by atoms with E-state index in [0.29, 0.717) is 30.3 Å². The minimum absolute atomic E-state index is 0.0873. The first-order valence-corrected chi connectivity index (χ1v) is 6.30. The Kier molecular flexibility index (Phi) is 2.95. The van der Waals surface area contributed by atoms with E-state index in [9.17, 15) is 9.90 Å². The van der Waals surface area contributed by atoms with Gasteiger partial charge in [-0.25, -0.2) is 0 Å². The maximum atomic E-state index is 12.6. The number of hydrogen-bond donors (Lipinski definition) is 1. The Morgan fingerprint density at radius 2 is 1.89 bits per heavy atom. The van der Waals surface area contributed by atoms with Gasteiger partial charge in [0.1, 0.15) is 18.6 Å². The molecular formula is C14H16O5. The lowest BCUT2D eigenvalue weighted by molar-refractivity contribution is -0.109. The number of ether oxygens (including phenoxy) is 3. The van der Waals surface area contributed by atoms with Crippen LogP contribution in [0.4, 0.5) is 0 Å². The van der Waals surface area contributed by atoms with Gasteiger partial charge in [0.15, 0.2) is 17.3 Å². The zero-order chi connectivity index (χ0) is 13.5. The van der Waals surface area contributed by atoms with Crippen molar-refractivity contribution in [1.82, 2.24) is 0 Å². The highest BCUT2D eigenvalue weighted by Gasteiger charge is 2.46. The van der Waals surface area contributed by atoms with Gasteiger partial charge in [0.05, 0.1) is 19.8 Å². The second kappa shape index (κ2) is 4.51. The van der Waals surface area contributed by atoms with Crippen LogP contribution < -0.4 is 9.47 Å². The Bertz CT molecular complexity index is 513. The average Bonchev–Trinajstić information content (AvgIpc) is 2.37. The van der Waals surface area contributed by atoms with Gasteiger partial charge in [0, 0.05) is 5.56 Å². The Labute approximate surface area is 111 Å². The van der Waals surface area contributed by atoms with Gasteiger partial charge in [-0.1, -0.05) is 0 Å². The van der Waals surface area contributed by atoms with Crippen molar-refractivity contribution in [3.8, 4) is 11.5 Å². The molecule has 1 saturated heterocycles. The van der Waals surface area contributed by atoms with Crippen molar-refractivity contribution in [2.75, 3.05) is 33.0 Å². The number of aliphatic hydroxyl groups is 1. The quantitative estimate of drug-likeness (QED) is 0.824. The molecule has 1 fully saturated rings. The average molecular weight is 264 g/mol. The van der Waals surface area contributed by atoms with Gasteiger partial charge in [0.2, 0.25) is 0 Å². The second-order valence-electron chi connectivity index (χ2n) is 5.07. The summed E-state index contributed by atoms with van der Waals surface area (Å²) in [7, 11) is 0. The lowest BCUT2D eigenvalue weighted by Crippen LogP contribution is -2.52. The highest BCUT2D eigenvalue weighted by molar-refractivity contribution is 6.03. The second-order valence-corrected chi connectivity index (χ2v) is 5.07. The van der Waals surface area contributed by atoms with Gasteiger partial charge >= 0.3 is 0 Å². The molecule has 1 aromatic rings. The minimum atomic E-state index is -0.783. The number of aliphatic hydroxyl groups excluding tert-OH is 1. The van der Waals surface area contributed by atoms with E-state index in [2.05, 4.69) is 0 Å². The molecule has 3 rings (SSSR count). The molecular weight excluding hydrogens is 248 g/mol. The van der Waals surface area contributed by atoms with Gasteiger partial charge in [-0.2, -0.15) is 0 Å². The number of benzene rings is 1. The molecule has 2 aliphatic heterocycles. The number of aryl methyl sites for hydroxylation is 1. The highest BCUT2D eigenvalue weighted by atomic mass is 16.6. The summed E-state index contributed by atoms with van der Waals surface area (Å²) in [5.41, 5.74) is 0.615. The monoisotopic (exact) mass is 264 g/mol. The summed E-state index contributed by atoms with van der Waals surface area (Å²) in [4.78, 5) is 12.6. The van der Waals surface area contributed by atoms with Crippen molar-refractivity contribution in [3.05, 3.63) is 23.3 Å². The molecule has 2 heterocycles. The summed E-state index contributed by atoms with van der Waals surface area (Å²) in [6.07, 6.45) is 0. The predicted octanol–water partition coefficient (Wildman–Crippen LogP) is 0.958. The van der Waals surface area contributed by atoms with Crippen LogP contribution in [0.15, 0.2) is 12.1 Å². The number of carbonyl (C=O) groups excluding carboxylic acids is 1. The van der Waals surface area contributed by atoms with E-state index in [4.69, 9.17) is 14.2 Å². The first-order chi connectivity index (χ1) is 9.16. The molecule has 0 amide bonds. The van der Waals surface area contributed by atoms with Crippen LogP contribution in [0.5, 0.6) is 11.5 Å². The van der Waals surface area contributed by atoms with Gasteiger partial charge in [-0.05, 0) is 24.6 Å². The Balaban J connectivity index is 1.98. The molecule has 5 nitrogen and oxygen atoms in total. The standard InChI is InChI=1S/C14H16O5/c1-9-4-11-12(19-3-2-18-11)5-10(9)13(16)14(6-15)7-17-8-14/h4-5,15H,2-3,6-8H2,1H3. The molecule has 5 heteroatoms. The fourth-order valence-electron chi connectivity index (χ4n) is 2.36. The molecule has 0 aliphatic carbocycles. The van der Waals surface area contributed by atoms with Crippen LogP contribution in [0.3, 0.4) is 0 Å². The third-order valence-corrected chi connectivity index (χ3v) is 3.67. The summed E-state index contributed by atoms with van der Waals surface area (Å²) >= 11 is 0. The molecule has 0 bridgehead atoms. The zero-order valence-electron chi connectivity index (χ0n) is 10.8. The van der Waals surface area contributed by atoms with Crippen LogP contribution in [0, 0.1) is 12.3 Å². The summed E-state index contributed by atoms with van der Waals surface area (Å²) in [6, 6.07) is 3.52. The van der Waals surface area contributed by atoms with E-state index in [0.717, 1.165) is 5.56 Å². The first kappa shape index (κ1) is 12.4. The van der Waals surface area contributed by atoms with Gasteiger partial charge in [0.25, 0.3) is 0 Å². The SMILES string of the molecule is Cc1cc2c(cc1C(=O)C1(CO)COC1)OCCO2. The van der Waals surface area contributed by atoms with Crippen LogP contribution >= 0.6 is 0 Å². The largest absolute Gasteiger partial charge is 0.486 e. The summed E-state index contributed by atoms with van der Waals surface area (Å²) in [6.45, 7) is 3.22. The minimum Gasteiger partial charge on any atom is -0.486 e. The lowest BCUT2D eigenvalue weighted by atomic mass is 9.78. The van der Waals surface area contributed by atoms with E-state index in [1.807, 2.05) is 13.0 Å². The van der Waals surface area contributed by atoms with Crippen LogP contribution in [0.2, 0.25) is 0 Å². The number of hydrogen-bond acceptors (Lipinski definition) is 5. The molecule has 0 radical (unpaired) electrons. The Hall–Kier alpha value is -1.59. The first-order valence-electron chi connectivity index (χ1n) is 6.30. The van der Waals surface area contributed by atoms with Gasteiger partial charge in [-0.3, -0.25) is 4.79 Å². The molecule has 0 atom stereocenters. The molecule has 2 aliphatic rings. The fourth-order valence-corrected chi connectivity index (χ4v) is 2.36. The normalized spacial score (nSPS) is 19.7. The maximum absolute atomic E-state index is 12.6. The number of Topliss-reactive ketones (excluding diaryl/α,β-unsaturated/α-hetero) is 1. The maximum Gasteiger partial charge on any atom is 0.176 e. The van der Waals surface area contributed by atoms with E-state index in [1.54, 1.807) is 6.07 Å². The molecule has 0 spiro atoms. The molecule has 0 aromatic heterocycles. The van der Waals surface area contributed by atoms with E-state index in [-0.39, 0.29) is 25.6 Å². The van der Waals surface area contributed by atoms with E-state index < -0.39 is 5.41 Å². The Morgan fingerprint density at radius 3 is 2.42 bits per heavy atom. The van der Waals surface area contributed by atoms with Crippen LogP contribution in [0.25, 0.3) is 0 Å². The van der Waals surface area contributed by atoms with Gasteiger partial charge in [-0.15, -0.1) is 0 Å². The third-order valence-electron chi connectivity index (χ3n) is 3.67. The van der Waals surface area contributed by atoms with E-state index >= 15 is 0 Å². The van der Waals surface area contributed by atoms with Crippen molar-refractivity contribution in [3.63, 3.8) is 0 Å². The number of ketones is 1. The third kappa shape index (κ3) is 1.89. The molecule has 1 aromatic carbocycles. The summed E-state index contributed by atoms with van der Waals surface area (Å²) < 4.78 is 16.1. The highest BCUT2D eigenvalue weighted by Crippen LogP contribution is 2.37. The van der Waals surface area contributed by atoms with Crippen molar-refractivity contribution in [2.24, 2.45) is 5.41 Å². The zero-order valence-corrected chi connectivity index (χ0v) is 10.8. The van der Waals surface area contributed by atoms with Crippen LogP contribution in [0.1, 0.15) is 15.9 Å². The van der Waals surface area contributed by atoms with Crippen molar-refractivity contribution < 1.29 is 24.1 Å². The molecule has 102 valence electrons. The molecule has 19 heavy (non-hydrogen) atoms. The topological polar surface area (TPSA) is 65.0 Å². The summed E-state index contributed by atoms with van der Waals surface area (Å²) in [5, 5.41) is 9.44. The van der Waals surface area contributed by atoms with Crippen molar-refractivity contribution in [2.45, 2.75) is 6.92 Å². The number of carbonyl (C=O) groups is 1. The molecule has 0 unspecified atom stereocenters. The Morgan fingerprint density at radius 1 is 1.26 bits per heavy atom. The van der Waals surface area contributed by atoms with Crippen molar-refractivity contribution in [1.29, 1.82) is 0 Å². The fraction of sp³-hybridized carbons (Fsp3) is 0.500. The number of fused-ring (bicyclic) bond motifs is 1. The van der Waals surface area contributed by atoms with Gasteiger partial charge < -0.3 is 19.3 Å². The smallest absolute Gasteiger partial charge is 0.176 e. The predicted molar refractivity (Wildman–Crippen MR) is 66.8 cm³/mol. The number of rotatable bonds is 3. The van der Waals surface area contributed by atoms with Crippen LogP contribution in [-0.2, 0) is 4.74 Å². The van der Waals surface area contributed by atoms with Crippen molar-refractivity contribution >= 4 is 5.78 Å². The molecule has 1 N–H and O–H groups in total. The lowest BCUT2D eigenvalue weighted by Gasteiger charge is -2.38. The van der Waals surface area contributed by atoms with E-state index in [1.165, 1.54) is 0 Å². The summed E-state index contributed by atoms with van der Waals surface area (Å²) in [5.74, 6) is 1.17.